The maximum absolute atomic E-state index is 13.4. The van der Waals surface area contributed by atoms with Crippen molar-refractivity contribution >= 4 is 0 Å². The molecule has 0 spiro atoms. The number of rotatable bonds is 5. The van der Waals surface area contributed by atoms with E-state index in [0.29, 0.717) is 19.4 Å². The summed E-state index contributed by atoms with van der Waals surface area (Å²) < 4.78 is 19.3. The fourth-order valence-corrected chi connectivity index (χ4v) is 2.25. The number of aliphatic hydroxyl groups is 1. The molecule has 0 heterocycles. The van der Waals surface area contributed by atoms with Gasteiger partial charge in [0.2, 0.25) is 0 Å². The van der Waals surface area contributed by atoms with Crippen molar-refractivity contribution in [1.29, 1.82) is 0 Å². The van der Waals surface area contributed by atoms with Crippen molar-refractivity contribution in [2.75, 3.05) is 6.61 Å². The highest BCUT2D eigenvalue weighted by molar-refractivity contribution is 5.21. The van der Waals surface area contributed by atoms with Crippen molar-refractivity contribution in [1.82, 2.24) is 0 Å². The van der Waals surface area contributed by atoms with Crippen LogP contribution in [0.15, 0.2) is 54.1 Å². The van der Waals surface area contributed by atoms with Gasteiger partial charge in [0.25, 0.3) is 0 Å². The molecule has 0 aromatic heterocycles. The van der Waals surface area contributed by atoms with E-state index in [-0.39, 0.29) is 18.4 Å². The Morgan fingerprint density at radius 3 is 2.76 bits per heavy atom. The SMILES string of the molecule is OCC#CCCC1CC(F)=CC=C1OCc1ccccc1. The van der Waals surface area contributed by atoms with Gasteiger partial charge in [-0.1, -0.05) is 36.3 Å². The molecule has 1 aliphatic carbocycles. The first kappa shape index (κ1) is 15.3. The van der Waals surface area contributed by atoms with E-state index in [1.54, 1.807) is 6.08 Å². The van der Waals surface area contributed by atoms with E-state index in [1.165, 1.54) is 6.08 Å². The Labute approximate surface area is 124 Å². The Balaban J connectivity index is 1.93. The van der Waals surface area contributed by atoms with Gasteiger partial charge < -0.3 is 9.84 Å². The lowest BCUT2D eigenvalue weighted by Crippen LogP contribution is -2.11. The van der Waals surface area contributed by atoms with Crippen LogP contribution in [0.1, 0.15) is 24.8 Å². The van der Waals surface area contributed by atoms with Crippen LogP contribution in [0.4, 0.5) is 4.39 Å². The third-order valence-corrected chi connectivity index (χ3v) is 3.34. The molecule has 1 atom stereocenters. The topological polar surface area (TPSA) is 29.5 Å². The van der Waals surface area contributed by atoms with Crippen molar-refractivity contribution in [2.24, 2.45) is 5.92 Å². The van der Waals surface area contributed by atoms with Crippen molar-refractivity contribution in [3.05, 3.63) is 59.6 Å². The molecular formula is C18H19FO2. The fourth-order valence-electron chi connectivity index (χ4n) is 2.25. The van der Waals surface area contributed by atoms with Gasteiger partial charge in [0.1, 0.15) is 24.8 Å². The van der Waals surface area contributed by atoms with Crippen LogP contribution in [0, 0.1) is 17.8 Å². The largest absolute Gasteiger partial charge is 0.493 e. The summed E-state index contributed by atoms with van der Waals surface area (Å²) in [4.78, 5) is 0. The van der Waals surface area contributed by atoms with Crippen molar-refractivity contribution in [2.45, 2.75) is 25.9 Å². The Kier molecular flexibility index (Phi) is 6.05. The maximum atomic E-state index is 13.4. The second-order valence-electron chi connectivity index (χ2n) is 4.91. The number of allylic oxidation sites excluding steroid dienone is 4. The fraction of sp³-hybridized carbons (Fsp3) is 0.333. The molecule has 1 aliphatic rings. The minimum absolute atomic E-state index is 0.0201. The smallest absolute Gasteiger partial charge is 0.113 e. The van der Waals surface area contributed by atoms with E-state index in [9.17, 15) is 4.39 Å². The number of halogens is 1. The van der Waals surface area contributed by atoms with Gasteiger partial charge in [-0.05, 0) is 24.1 Å². The first-order chi connectivity index (χ1) is 10.3. The lowest BCUT2D eigenvalue weighted by Gasteiger charge is -2.22. The lowest BCUT2D eigenvalue weighted by atomic mass is 9.93. The average Bonchev–Trinajstić information content (AvgIpc) is 2.52. The van der Waals surface area contributed by atoms with Crippen molar-refractivity contribution in [3.63, 3.8) is 0 Å². The van der Waals surface area contributed by atoms with Gasteiger partial charge in [0, 0.05) is 18.8 Å². The van der Waals surface area contributed by atoms with Crippen LogP contribution in [-0.4, -0.2) is 11.7 Å². The maximum Gasteiger partial charge on any atom is 0.113 e. The van der Waals surface area contributed by atoms with Crippen molar-refractivity contribution < 1.29 is 14.2 Å². The molecule has 1 N–H and O–H groups in total. The van der Waals surface area contributed by atoms with Crippen LogP contribution in [0.2, 0.25) is 0 Å². The lowest BCUT2D eigenvalue weighted by molar-refractivity contribution is 0.156. The van der Waals surface area contributed by atoms with Gasteiger partial charge in [0.15, 0.2) is 0 Å². The minimum atomic E-state index is -0.133. The molecule has 21 heavy (non-hydrogen) atoms. The average molecular weight is 286 g/mol. The highest BCUT2D eigenvalue weighted by atomic mass is 19.1. The number of hydrogen-bond acceptors (Lipinski definition) is 2. The van der Waals surface area contributed by atoms with Gasteiger partial charge in [-0.25, -0.2) is 4.39 Å². The van der Waals surface area contributed by atoms with Crippen LogP contribution in [0.25, 0.3) is 0 Å². The molecule has 0 saturated heterocycles. The van der Waals surface area contributed by atoms with Crippen molar-refractivity contribution in [3.8, 4) is 11.8 Å². The number of ether oxygens (including phenoxy) is 1. The minimum Gasteiger partial charge on any atom is -0.493 e. The summed E-state index contributed by atoms with van der Waals surface area (Å²) in [6.07, 6.45) is 4.91. The highest BCUT2D eigenvalue weighted by Gasteiger charge is 2.20. The zero-order chi connectivity index (χ0) is 14.9. The molecule has 2 nitrogen and oxygen atoms in total. The van der Waals surface area contributed by atoms with Gasteiger partial charge in [-0.3, -0.25) is 0 Å². The molecular weight excluding hydrogens is 267 g/mol. The summed E-state index contributed by atoms with van der Waals surface area (Å²) in [5, 5.41) is 8.63. The molecule has 1 aromatic rings. The Hall–Kier alpha value is -2.05. The Morgan fingerprint density at radius 1 is 1.19 bits per heavy atom. The molecule has 0 amide bonds. The molecule has 0 aliphatic heterocycles. The second kappa shape index (κ2) is 8.28. The predicted molar refractivity (Wildman–Crippen MR) is 80.7 cm³/mol. The number of hydrogen-bond donors (Lipinski definition) is 1. The normalized spacial score (nSPS) is 17.3. The standard InChI is InChI=1S/C18H19FO2/c19-17-10-11-18(16(13-17)9-5-2-6-12-20)21-14-15-7-3-1-4-8-15/h1,3-4,7-8,10-11,16,20H,5,9,12-14H2. The third-order valence-electron chi connectivity index (χ3n) is 3.34. The zero-order valence-electron chi connectivity index (χ0n) is 11.9. The molecule has 1 unspecified atom stereocenters. The summed E-state index contributed by atoms with van der Waals surface area (Å²) in [5.74, 6) is 6.18. The molecule has 2 rings (SSSR count). The Bertz CT molecular complexity index is 564. The second-order valence-corrected chi connectivity index (χ2v) is 4.91. The number of aliphatic hydroxyl groups excluding tert-OH is 1. The third kappa shape index (κ3) is 5.09. The first-order valence-corrected chi connectivity index (χ1v) is 7.09. The summed E-state index contributed by atoms with van der Waals surface area (Å²) in [6, 6.07) is 9.90. The van der Waals surface area contributed by atoms with Crippen LogP contribution in [0.3, 0.4) is 0 Å². The van der Waals surface area contributed by atoms with E-state index in [4.69, 9.17) is 9.84 Å². The van der Waals surface area contributed by atoms with E-state index >= 15 is 0 Å². The predicted octanol–water partition coefficient (Wildman–Crippen LogP) is 3.74. The summed E-state index contributed by atoms with van der Waals surface area (Å²) >= 11 is 0. The van der Waals surface area contributed by atoms with Gasteiger partial charge >= 0.3 is 0 Å². The number of benzene rings is 1. The zero-order valence-corrected chi connectivity index (χ0v) is 11.9. The monoisotopic (exact) mass is 286 g/mol. The highest BCUT2D eigenvalue weighted by Crippen LogP contribution is 2.30. The Morgan fingerprint density at radius 2 is 2.00 bits per heavy atom. The van der Waals surface area contributed by atoms with Gasteiger partial charge in [0.05, 0.1) is 0 Å². The van der Waals surface area contributed by atoms with E-state index in [2.05, 4.69) is 11.8 Å². The molecule has 110 valence electrons. The molecule has 3 heteroatoms. The molecule has 0 bridgehead atoms. The first-order valence-electron chi connectivity index (χ1n) is 7.09. The summed E-state index contributed by atoms with van der Waals surface area (Å²) in [7, 11) is 0. The summed E-state index contributed by atoms with van der Waals surface area (Å²) in [6.45, 7) is 0.354. The summed E-state index contributed by atoms with van der Waals surface area (Å²) in [5.41, 5.74) is 1.09. The van der Waals surface area contributed by atoms with Crippen LogP contribution in [0.5, 0.6) is 0 Å². The molecule has 0 fully saturated rings. The van der Waals surface area contributed by atoms with Gasteiger partial charge in [-0.2, -0.15) is 0 Å². The van der Waals surface area contributed by atoms with E-state index in [0.717, 1.165) is 17.7 Å². The van der Waals surface area contributed by atoms with Crippen LogP contribution < -0.4 is 0 Å². The van der Waals surface area contributed by atoms with Gasteiger partial charge in [-0.15, -0.1) is 5.92 Å². The van der Waals surface area contributed by atoms with E-state index in [1.807, 2.05) is 30.3 Å². The molecule has 0 radical (unpaired) electrons. The van der Waals surface area contributed by atoms with Crippen LogP contribution >= 0.6 is 0 Å². The molecule has 1 aromatic carbocycles. The van der Waals surface area contributed by atoms with E-state index < -0.39 is 0 Å². The quantitative estimate of drug-likeness (QED) is 0.836. The van der Waals surface area contributed by atoms with Crippen LogP contribution in [-0.2, 0) is 11.3 Å². The molecule has 0 saturated carbocycles.